The van der Waals surface area contributed by atoms with E-state index < -0.39 is 0 Å². The zero-order valence-electron chi connectivity index (χ0n) is 13.8. The van der Waals surface area contributed by atoms with Gasteiger partial charge in [0.25, 0.3) is 5.91 Å². The van der Waals surface area contributed by atoms with E-state index in [4.69, 9.17) is 4.74 Å². The summed E-state index contributed by atoms with van der Waals surface area (Å²) in [4.78, 5) is 14.7. The molecule has 1 amide bonds. The lowest BCUT2D eigenvalue weighted by molar-refractivity contribution is -0.0287. The molecule has 0 N–H and O–H groups in total. The first-order chi connectivity index (χ1) is 11.1. The summed E-state index contributed by atoms with van der Waals surface area (Å²) in [6, 6.07) is 4.05. The van der Waals surface area contributed by atoms with Crippen molar-refractivity contribution in [1.82, 2.24) is 24.2 Å². The molecule has 0 unspecified atom stereocenters. The molecular formula is C16H23N5O2. The number of aryl methyl sites for hydroxylation is 1. The molecule has 3 heterocycles. The maximum absolute atomic E-state index is 12.9. The van der Waals surface area contributed by atoms with Gasteiger partial charge in [0.05, 0.1) is 13.2 Å². The Morgan fingerprint density at radius 3 is 3.04 bits per heavy atom. The summed E-state index contributed by atoms with van der Waals surface area (Å²) in [7, 11) is 0. The number of morpholine rings is 1. The molecule has 3 rings (SSSR count). The molecule has 0 radical (unpaired) electrons. The SMILES string of the molecule is CCn1cnnc1[C@H]1CN(C(=O)c2cccn2C(C)C)CCO1. The maximum atomic E-state index is 12.9. The highest BCUT2D eigenvalue weighted by Gasteiger charge is 2.30. The molecule has 0 aromatic carbocycles. The quantitative estimate of drug-likeness (QED) is 0.864. The second-order valence-electron chi connectivity index (χ2n) is 5.98. The molecule has 124 valence electrons. The molecule has 7 heteroatoms. The van der Waals surface area contributed by atoms with Crippen molar-refractivity contribution in [2.45, 2.75) is 39.5 Å². The van der Waals surface area contributed by atoms with Crippen molar-refractivity contribution in [3.63, 3.8) is 0 Å². The number of amides is 1. The van der Waals surface area contributed by atoms with Crippen LogP contribution in [0.3, 0.4) is 0 Å². The second kappa shape index (κ2) is 6.54. The zero-order chi connectivity index (χ0) is 16.4. The topological polar surface area (TPSA) is 65.2 Å². The minimum atomic E-state index is -0.224. The molecule has 0 spiro atoms. The molecular weight excluding hydrogens is 294 g/mol. The summed E-state index contributed by atoms with van der Waals surface area (Å²) in [5, 5.41) is 8.11. The third-order valence-corrected chi connectivity index (χ3v) is 4.18. The Morgan fingerprint density at radius 1 is 1.48 bits per heavy atom. The van der Waals surface area contributed by atoms with E-state index in [0.29, 0.717) is 19.7 Å². The molecule has 1 saturated heterocycles. The first-order valence-electron chi connectivity index (χ1n) is 8.07. The molecule has 2 aromatic rings. The fourth-order valence-corrected chi connectivity index (χ4v) is 2.93. The number of nitrogens with zero attached hydrogens (tertiary/aromatic N) is 5. The molecule has 1 fully saturated rings. The Morgan fingerprint density at radius 2 is 2.30 bits per heavy atom. The number of rotatable bonds is 4. The number of carbonyl (C=O) groups excluding carboxylic acids is 1. The van der Waals surface area contributed by atoms with Crippen molar-refractivity contribution in [3.05, 3.63) is 36.2 Å². The molecule has 1 aliphatic rings. The number of carbonyl (C=O) groups is 1. The van der Waals surface area contributed by atoms with Gasteiger partial charge < -0.3 is 18.8 Å². The Hall–Kier alpha value is -2.15. The first-order valence-corrected chi connectivity index (χ1v) is 8.07. The van der Waals surface area contributed by atoms with Crippen molar-refractivity contribution >= 4 is 5.91 Å². The predicted octanol–water partition coefficient (Wildman–Crippen LogP) is 1.89. The summed E-state index contributed by atoms with van der Waals surface area (Å²) < 4.78 is 9.77. The molecule has 1 aliphatic heterocycles. The van der Waals surface area contributed by atoms with Crippen LogP contribution in [-0.4, -0.2) is 49.8 Å². The van der Waals surface area contributed by atoms with Crippen LogP contribution in [0.2, 0.25) is 0 Å². The van der Waals surface area contributed by atoms with Gasteiger partial charge in [-0.2, -0.15) is 0 Å². The normalized spacial score (nSPS) is 18.6. The minimum Gasteiger partial charge on any atom is -0.366 e. The van der Waals surface area contributed by atoms with E-state index in [-0.39, 0.29) is 18.1 Å². The average Bonchev–Trinajstić information content (AvgIpc) is 3.23. The summed E-state index contributed by atoms with van der Waals surface area (Å²) in [5.41, 5.74) is 0.720. The molecule has 23 heavy (non-hydrogen) atoms. The molecule has 7 nitrogen and oxygen atoms in total. The van der Waals surface area contributed by atoms with Crippen molar-refractivity contribution in [2.75, 3.05) is 19.7 Å². The summed E-state index contributed by atoms with van der Waals surface area (Å²) in [5.74, 6) is 0.823. The van der Waals surface area contributed by atoms with Gasteiger partial charge in [0.1, 0.15) is 18.1 Å². The Kier molecular flexibility index (Phi) is 4.47. The Labute approximate surface area is 135 Å². The van der Waals surface area contributed by atoms with Crippen molar-refractivity contribution in [1.29, 1.82) is 0 Å². The van der Waals surface area contributed by atoms with Gasteiger partial charge in [-0.25, -0.2) is 0 Å². The van der Waals surface area contributed by atoms with Gasteiger partial charge in [0.2, 0.25) is 0 Å². The predicted molar refractivity (Wildman–Crippen MR) is 85.1 cm³/mol. The number of hydrogen-bond donors (Lipinski definition) is 0. The van der Waals surface area contributed by atoms with Crippen LogP contribution in [0.4, 0.5) is 0 Å². The smallest absolute Gasteiger partial charge is 0.270 e. The largest absolute Gasteiger partial charge is 0.366 e. The molecule has 0 bridgehead atoms. The fraction of sp³-hybridized carbons (Fsp3) is 0.562. The van der Waals surface area contributed by atoms with Gasteiger partial charge in [-0.15, -0.1) is 10.2 Å². The molecule has 0 aliphatic carbocycles. The minimum absolute atomic E-state index is 0.0413. The zero-order valence-corrected chi connectivity index (χ0v) is 13.8. The highest BCUT2D eigenvalue weighted by Crippen LogP contribution is 2.22. The highest BCUT2D eigenvalue weighted by atomic mass is 16.5. The maximum Gasteiger partial charge on any atom is 0.270 e. The van der Waals surface area contributed by atoms with E-state index in [1.807, 2.05) is 39.3 Å². The van der Waals surface area contributed by atoms with Crippen LogP contribution >= 0.6 is 0 Å². The van der Waals surface area contributed by atoms with E-state index in [9.17, 15) is 4.79 Å². The van der Waals surface area contributed by atoms with Crippen LogP contribution in [-0.2, 0) is 11.3 Å². The Bertz CT molecular complexity index is 676. The lowest BCUT2D eigenvalue weighted by Gasteiger charge is -2.33. The van der Waals surface area contributed by atoms with Crippen molar-refractivity contribution in [2.24, 2.45) is 0 Å². The monoisotopic (exact) mass is 317 g/mol. The second-order valence-corrected chi connectivity index (χ2v) is 5.98. The highest BCUT2D eigenvalue weighted by molar-refractivity contribution is 5.93. The average molecular weight is 317 g/mol. The summed E-state index contributed by atoms with van der Waals surface area (Å²) in [6.45, 7) is 8.57. The number of aromatic nitrogens is 4. The van der Waals surface area contributed by atoms with Crippen LogP contribution in [0.1, 0.15) is 49.2 Å². The van der Waals surface area contributed by atoms with Crippen LogP contribution in [0, 0.1) is 0 Å². The van der Waals surface area contributed by atoms with Gasteiger partial charge in [-0.3, -0.25) is 4.79 Å². The molecule has 0 saturated carbocycles. The van der Waals surface area contributed by atoms with Crippen LogP contribution in [0.15, 0.2) is 24.7 Å². The lowest BCUT2D eigenvalue weighted by atomic mass is 10.2. The summed E-state index contributed by atoms with van der Waals surface area (Å²) >= 11 is 0. The number of hydrogen-bond acceptors (Lipinski definition) is 4. The van der Waals surface area contributed by atoms with E-state index >= 15 is 0 Å². The third-order valence-electron chi connectivity index (χ3n) is 4.18. The van der Waals surface area contributed by atoms with Gasteiger partial charge in [-0.05, 0) is 32.9 Å². The van der Waals surface area contributed by atoms with Crippen LogP contribution in [0.5, 0.6) is 0 Å². The van der Waals surface area contributed by atoms with Crippen LogP contribution in [0.25, 0.3) is 0 Å². The molecule has 2 aromatic heterocycles. The fourth-order valence-electron chi connectivity index (χ4n) is 2.93. The van der Waals surface area contributed by atoms with E-state index in [1.165, 1.54) is 0 Å². The van der Waals surface area contributed by atoms with E-state index in [2.05, 4.69) is 24.0 Å². The lowest BCUT2D eigenvalue weighted by Crippen LogP contribution is -2.43. The number of ether oxygens (including phenoxy) is 1. The third kappa shape index (κ3) is 3.01. The van der Waals surface area contributed by atoms with E-state index in [1.54, 1.807) is 6.33 Å². The van der Waals surface area contributed by atoms with Crippen molar-refractivity contribution < 1.29 is 9.53 Å². The van der Waals surface area contributed by atoms with E-state index in [0.717, 1.165) is 18.1 Å². The first kappa shape index (κ1) is 15.7. The Balaban J connectivity index is 1.78. The van der Waals surface area contributed by atoms with Gasteiger partial charge in [0.15, 0.2) is 5.82 Å². The van der Waals surface area contributed by atoms with Gasteiger partial charge >= 0.3 is 0 Å². The molecule has 1 atom stereocenters. The summed E-state index contributed by atoms with van der Waals surface area (Å²) in [6.07, 6.45) is 3.42. The van der Waals surface area contributed by atoms with Gasteiger partial charge in [0, 0.05) is 25.3 Å². The van der Waals surface area contributed by atoms with Crippen molar-refractivity contribution in [3.8, 4) is 0 Å². The van der Waals surface area contributed by atoms with Gasteiger partial charge in [-0.1, -0.05) is 0 Å². The standard InChI is InChI=1S/C16H23N5O2/c1-4-19-11-17-18-15(19)14-10-20(8-9-23-14)16(22)13-6-5-7-21(13)12(2)3/h5-7,11-12,14H,4,8-10H2,1-3H3/t14-/m1/s1. The van der Waals surface area contributed by atoms with Crippen LogP contribution < -0.4 is 0 Å².